The Bertz CT molecular complexity index is 718. The van der Waals surface area contributed by atoms with Gasteiger partial charge in [0.25, 0.3) is 0 Å². The van der Waals surface area contributed by atoms with Gasteiger partial charge in [-0.15, -0.1) is 22.7 Å². The Morgan fingerprint density at radius 3 is 2.94 bits per heavy atom. The second-order valence-corrected chi connectivity index (χ2v) is 6.83. The van der Waals surface area contributed by atoms with Crippen LogP contribution in [-0.4, -0.2) is 4.98 Å². The van der Waals surface area contributed by atoms with Gasteiger partial charge in [0, 0.05) is 10.6 Å². The van der Waals surface area contributed by atoms with Crippen LogP contribution in [0.15, 0.2) is 24.3 Å². The molecule has 0 amide bonds. The first kappa shape index (κ1) is 10.5. The van der Waals surface area contributed by atoms with Gasteiger partial charge in [-0.1, -0.05) is 0 Å². The summed E-state index contributed by atoms with van der Waals surface area (Å²) in [7, 11) is 0. The first-order valence-corrected chi connectivity index (χ1v) is 7.71. The fraction of sp³-hybridized carbons (Fsp3) is 0.214. The Hall–Kier alpha value is -1.39. The van der Waals surface area contributed by atoms with Crippen LogP contribution < -0.4 is 5.73 Å². The number of anilines is 1. The minimum Gasteiger partial charge on any atom is -0.399 e. The topological polar surface area (TPSA) is 38.9 Å². The molecule has 0 bridgehead atoms. The Balaban J connectivity index is 1.85. The van der Waals surface area contributed by atoms with E-state index in [1.54, 1.807) is 16.2 Å². The van der Waals surface area contributed by atoms with Gasteiger partial charge in [-0.05, 0) is 49.1 Å². The van der Waals surface area contributed by atoms with Crippen molar-refractivity contribution in [2.45, 2.75) is 19.3 Å². The van der Waals surface area contributed by atoms with E-state index >= 15 is 0 Å². The van der Waals surface area contributed by atoms with Crippen molar-refractivity contribution in [2.75, 3.05) is 5.73 Å². The minimum absolute atomic E-state index is 0.811. The zero-order valence-electron chi connectivity index (χ0n) is 9.77. The highest BCUT2D eigenvalue weighted by Crippen LogP contribution is 2.39. The molecule has 1 aliphatic carbocycles. The fourth-order valence-electron chi connectivity index (χ4n) is 2.48. The third-order valence-electron chi connectivity index (χ3n) is 3.37. The fourth-order valence-corrected chi connectivity index (χ4v) is 4.79. The third-order valence-corrected chi connectivity index (χ3v) is 5.79. The molecule has 0 spiro atoms. The molecule has 0 unspecified atom stereocenters. The standard InChI is InChI=1S/C14H12N2S2/c15-9-4-5-10-12(7-9)18-14(16-10)13-6-8-2-1-3-11(8)17-13/h4-7H,1-3,15H2. The first-order chi connectivity index (χ1) is 8.79. The quantitative estimate of drug-likeness (QED) is 0.677. The number of fused-ring (bicyclic) bond motifs is 2. The lowest BCUT2D eigenvalue weighted by Crippen LogP contribution is -1.81. The number of nitrogens with two attached hydrogens (primary N) is 1. The second kappa shape index (κ2) is 3.80. The summed E-state index contributed by atoms with van der Waals surface area (Å²) >= 11 is 3.65. The summed E-state index contributed by atoms with van der Waals surface area (Å²) < 4.78 is 1.18. The summed E-state index contributed by atoms with van der Waals surface area (Å²) in [4.78, 5) is 7.59. The highest BCUT2D eigenvalue weighted by molar-refractivity contribution is 7.25. The van der Waals surface area contributed by atoms with E-state index in [1.165, 1.54) is 34.4 Å². The molecule has 4 rings (SSSR count). The van der Waals surface area contributed by atoms with Crippen LogP contribution in [0, 0.1) is 0 Å². The lowest BCUT2D eigenvalue weighted by atomic mass is 10.2. The highest BCUT2D eigenvalue weighted by atomic mass is 32.1. The normalized spacial score (nSPS) is 14.2. The molecular weight excluding hydrogens is 260 g/mol. The van der Waals surface area contributed by atoms with E-state index in [1.807, 2.05) is 29.5 Å². The number of hydrogen-bond donors (Lipinski definition) is 1. The third kappa shape index (κ3) is 1.56. The van der Waals surface area contributed by atoms with E-state index in [0.29, 0.717) is 0 Å². The number of benzene rings is 1. The van der Waals surface area contributed by atoms with Crippen molar-refractivity contribution in [1.29, 1.82) is 0 Å². The molecule has 1 aromatic carbocycles. The summed E-state index contributed by atoms with van der Waals surface area (Å²) in [5.74, 6) is 0. The van der Waals surface area contributed by atoms with Gasteiger partial charge in [0.15, 0.2) is 0 Å². The molecule has 0 fully saturated rings. The predicted molar refractivity (Wildman–Crippen MR) is 79.4 cm³/mol. The van der Waals surface area contributed by atoms with Crippen molar-refractivity contribution in [3.63, 3.8) is 0 Å². The van der Waals surface area contributed by atoms with Gasteiger partial charge in [0.05, 0.1) is 15.1 Å². The first-order valence-electron chi connectivity index (χ1n) is 6.07. The predicted octanol–water partition coefficient (Wildman–Crippen LogP) is 4.10. The number of rotatable bonds is 1. The second-order valence-electron chi connectivity index (χ2n) is 4.66. The van der Waals surface area contributed by atoms with Crippen LogP contribution in [0.1, 0.15) is 16.9 Å². The summed E-state index contributed by atoms with van der Waals surface area (Å²) in [5.41, 5.74) is 9.21. The number of hydrogen-bond acceptors (Lipinski definition) is 4. The number of aryl methyl sites for hydroxylation is 2. The monoisotopic (exact) mass is 272 g/mol. The average molecular weight is 272 g/mol. The minimum atomic E-state index is 0.811. The number of nitrogens with zero attached hydrogens (tertiary/aromatic N) is 1. The largest absolute Gasteiger partial charge is 0.399 e. The number of thiazole rings is 1. The Morgan fingerprint density at radius 2 is 2.06 bits per heavy atom. The van der Waals surface area contributed by atoms with Crippen LogP contribution in [0.4, 0.5) is 5.69 Å². The van der Waals surface area contributed by atoms with Gasteiger partial charge in [-0.3, -0.25) is 0 Å². The van der Waals surface area contributed by atoms with E-state index in [2.05, 4.69) is 6.07 Å². The molecule has 0 atom stereocenters. The van der Waals surface area contributed by atoms with Gasteiger partial charge < -0.3 is 5.73 Å². The van der Waals surface area contributed by atoms with E-state index < -0.39 is 0 Å². The molecule has 2 aromatic heterocycles. The molecule has 0 aliphatic heterocycles. The molecule has 0 saturated heterocycles. The molecule has 4 heteroatoms. The molecule has 0 radical (unpaired) electrons. The van der Waals surface area contributed by atoms with Crippen LogP contribution in [-0.2, 0) is 12.8 Å². The summed E-state index contributed by atoms with van der Waals surface area (Å²) in [6.07, 6.45) is 3.80. The van der Waals surface area contributed by atoms with Gasteiger partial charge >= 0.3 is 0 Å². The van der Waals surface area contributed by atoms with Crippen molar-refractivity contribution in [2.24, 2.45) is 0 Å². The molecule has 3 aromatic rings. The Kier molecular flexibility index (Phi) is 2.22. The lowest BCUT2D eigenvalue weighted by Gasteiger charge is -1.89. The number of nitrogen functional groups attached to an aromatic ring is 1. The smallest absolute Gasteiger partial charge is 0.134 e. The van der Waals surface area contributed by atoms with Crippen LogP contribution in [0.25, 0.3) is 20.1 Å². The maximum absolute atomic E-state index is 5.81. The van der Waals surface area contributed by atoms with Crippen molar-refractivity contribution in [1.82, 2.24) is 4.98 Å². The van der Waals surface area contributed by atoms with Gasteiger partial charge in [-0.2, -0.15) is 0 Å². The summed E-state index contributed by atoms with van der Waals surface area (Å²) in [6.45, 7) is 0. The van der Waals surface area contributed by atoms with E-state index in [-0.39, 0.29) is 0 Å². The van der Waals surface area contributed by atoms with Crippen molar-refractivity contribution >= 4 is 38.6 Å². The summed E-state index contributed by atoms with van der Waals surface area (Å²) in [5, 5.41) is 1.13. The number of thiophene rings is 1. The Morgan fingerprint density at radius 1 is 1.11 bits per heavy atom. The van der Waals surface area contributed by atoms with Crippen LogP contribution >= 0.6 is 22.7 Å². The van der Waals surface area contributed by atoms with E-state index in [9.17, 15) is 0 Å². The zero-order chi connectivity index (χ0) is 12.1. The van der Waals surface area contributed by atoms with Gasteiger partial charge in [-0.25, -0.2) is 4.98 Å². The lowest BCUT2D eigenvalue weighted by molar-refractivity contribution is 0.915. The van der Waals surface area contributed by atoms with Crippen LogP contribution in [0.5, 0.6) is 0 Å². The maximum Gasteiger partial charge on any atom is 0.134 e. The molecule has 18 heavy (non-hydrogen) atoms. The molecule has 1 aliphatic rings. The molecule has 2 heterocycles. The van der Waals surface area contributed by atoms with Gasteiger partial charge in [0.2, 0.25) is 0 Å². The molecular formula is C14H12N2S2. The zero-order valence-corrected chi connectivity index (χ0v) is 11.4. The summed E-state index contributed by atoms with van der Waals surface area (Å²) in [6, 6.07) is 8.26. The molecule has 2 N–H and O–H groups in total. The van der Waals surface area contributed by atoms with Crippen molar-refractivity contribution in [3.05, 3.63) is 34.7 Å². The Labute approximate surface area is 113 Å². The van der Waals surface area contributed by atoms with Crippen molar-refractivity contribution < 1.29 is 0 Å². The van der Waals surface area contributed by atoms with E-state index in [0.717, 1.165) is 16.2 Å². The molecule has 2 nitrogen and oxygen atoms in total. The van der Waals surface area contributed by atoms with Gasteiger partial charge in [0.1, 0.15) is 5.01 Å². The van der Waals surface area contributed by atoms with Crippen LogP contribution in [0.3, 0.4) is 0 Å². The SMILES string of the molecule is Nc1ccc2nc(-c3cc4c(s3)CCC4)sc2c1. The molecule has 90 valence electrons. The maximum atomic E-state index is 5.81. The average Bonchev–Trinajstić information content (AvgIpc) is 2.99. The molecule has 0 saturated carbocycles. The van der Waals surface area contributed by atoms with Crippen LogP contribution in [0.2, 0.25) is 0 Å². The number of aromatic nitrogens is 1. The highest BCUT2D eigenvalue weighted by Gasteiger charge is 2.17. The van der Waals surface area contributed by atoms with E-state index in [4.69, 9.17) is 10.7 Å². The van der Waals surface area contributed by atoms with Crippen molar-refractivity contribution in [3.8, 4) is 9.88 Å².